The van der Waals surface area contributed by atoms with Crippen LogP contribution in [0.15, 0.2) is 18.2 Å². The normalized spacial score (nSPS) is 23.3. The largest absolute Gasteiger partial charge is 0.369 e. The van der Waals surface area contributed by atoms with Gasteiger partial charge in [0.05, 0.1) is 11.0 Å². The summed E-state index contributed by atoms with van der Waals surface area (Å²) in [4.78, 5) is 4.52. The number of hydrogen-bond acceptors (Lipinski definition) is 3. The van der Waals surface area contributed by atoms with Gasteiger partial charge in [-0.25, -0.2) is 4.98 Å². The maximum Gasteiger partial charge on any atom is 0.201 e. The molecule has 1 aliphatic rings. The fourth-order valence-corrected chi connectivity index (χ4v) is 4.62. The second kappa shape index (κ2) is 5.52. The average Bonchev–Trinajstić information content (AvgIpc) is 2.92. The number of hydrogen-bond donors (Lipinski definition) is 1. The van der Waals surface area contributed by atoms with E-state index in [1.54, 1.807) is 0 Å². The number of anilines is 1. The lowest BCUT2D eigenvalue weighted by atomic mass is 10.2. The number of halogens is 1. The highest BCUT2D eigenvalue weighted by Crippen LogP contribution is 2.39. The van der Waals surface area contributed by atoms with Crippen LogP contribution in [-0.2, 0) is 0 Å². The topological polar surface area (TPSA) is 43.8 Å². The van der Waals surface area contributed by atoms with Gasteiger partial charge in [0.25, 0.3) is 0 Å². The van der Waals surface area contributed by atoms with Crippen molar-refractivity contribution >= 4 is 51.3 Å². The van der Waals surface area contributed by atoms with E-state index in [0.29, 0.717) is 12.0 Å². The number of nitrogens with two attached hydrogens (primary N) is 1. The molecule has 102 valence electrons. The van der Waals surface area contributed by atoms with Crippen LogP contribution in [0.4, 0.5) is 5.95 Å². The zero-order chi connectivity index (χ0) is 13.4. The molecule has 3 nitrogen and oxygen atoms in total. The molecule has 0 saturated heterocycles. The number of imidazole rings is 1. The summed E-state index contributed by atoms with van der Waals surface area (Å²) < 4.78 is 3.46. The number of benzene rings is 1. The molecule has 3 rings (SSSR count). The number of fused-ring (bicyclic) bond motifs is 1. The summed E-state index contributed by atoms with van der Waals surface area (Å²) in [6.45, 7) is 2.24. The molecule has 0 radical (unpaired) electrons. The molecule has 2 atom stereocenters. The van der Waals surface area contributed by atoms with Gasteiger partial charge in [0.2, 0.25) is 5.95 Å². The maximum atomic E-state index is 6.15. The minimum absolute atomic E-state index is 0.522. The van der Waals surface area contributed by atoms with Crippen LogP contribution >= 0.6 is 34.4 Å². The first-order valence-corrected chi connectivity index (χ1v) is 8.86. The van der Waals surface area contributed by atoms with Crippen LogP contribution in [0, 0.1) is 3.57 Å². The Hall–Kier alpha value is -0.430. The Kier molecular flexibility index (Phi) is 3.93. The van der Waals surface area contributed by atoms with Crippen molar-refractivity contribution in [2.24, 2.45) is 0 Å². The summed E-state index contributed by atoms with van der Waals surface area (Å²) in [5, 5.41) is 0.788. The quantitative estimate of drug-likeness (QED) is 0.808. The molecular formula is C14H18IN3S. The van der Waals surface area contributed by atoms with E-state index in [9.17, 15) is 0 Å². The van der Waals surface area contributed by atoms with Gasteiger partial charge >= 0.3 is 0 Å². The number of nitrogen functional groups attached to an aromatic ring is 1. The fourth-order valence-electron chi connectivity index (χ4n) is 3.01. The SMILES string of the molecule is CCSC1CCC(n2c(N)nc3cc(I)ccc32)C1. The van der Waals surface area contributed by atoms with Crippen LogP contribution in [0.5, 0.6) is 0 Å². The van der Waals surface area contributed by atoms with E-state index in [-0.39, 0.29) is 0 Å². The molecule has 0 amide bonds. The minimum atomic E-state index is 0.522. The second-order valence-electron chi connectivity index (χ2n) is 5.02. The van der Waals surface area contributed by atoms with Crippen LogP contribution in [-0.4, -0.2) is 20.6 Å². The van der Waals surface area contributed by atoms with Crippen molar-refractivity contribution in [3.05, 3.63) is 21.8 Å². The van der Waals surface area contributed by atoms with Gasteiger partial charge in [-0.1, -0.05) is 6.92 Å². The first kappa shape index (κ1) is 13.5. The average molecular weight is 387 g/mol. The molecule has 1 aromatic carbocycles. The van der Waals surface area contributed by atoms with Crippen LogP contribution in [0.25, 0.3) is 11.0 Å². The van der Waals surface area contributed by atoms with E-state index in [1.807, 2.05) is 0 Å². The Morgan fingerprint density at radius 1 is 1.47 bits per heavy atom. The van der Waals surface area contributed by atoms with Crippen molar-refractivity contribution in [3.63, 3.8) is 0 Å². The molecule has 2 unspecified atom stereocenters. The summed E-state index contributed by atoms with van der Waals surface area (Å²) in [5.41, 5.74) is 8.35. The first-order valence-electron chi connectivity index (χ1n) is 6.73. The molecule has 2 N–H and O–H groups in total. The molecule has 1 saturated carbocycles. The molecule has 5 heteroatoms. The van der Waals surface area contributed by atoms with Gasteiger partial charge in [-0.2, -0.15) is 11.8 Å². The number of thioether (sulfide) groups is 1. The Bertz CT molecular complexity index is 596. The summed E-state index contributed by atoms with van der Waals surface area (Å²) in [6, 6.07) is 6.92. The molecule has 1 aliphatic carbocycles. The third-order valence-corrected chi connectivity index (χ3v) is 5.71. The predicted molar refractivity (Wildman–Crippen MR) is 91.7 cm³/mol. The first-order chi connectivity index (χ1) is 9.19. The van der Waals surface area contributed by atoms with Crippen LogP contribution in [0.1, 0.15) is 32.2 Å². The third-order valence-electron chi connectivity index (χ3n) is 3.80. The lowest BCUT2D eigenvalue weighted by molar-refractivity contribution is 0.540. The van der Waals surface area contributed by atoms with Gasteiger partial charge in [-0.3, -0.25) is 0 Å². The van der Waals surface area contributed by atoms with Gasteiger partial charge in [0.1, 0.15) is 0 Å². The van der Waals surface area contributed by atoms with E-state index < -0.39 is 0 Å². The molecule has 1 heterocycles. The third kappa shape index (κ3) is 2.59. The molecule has 0 spiro atoms. The van der Waals surface area contributed by atoms with Gasteiger partial charge in [0, 0.05) is 14.9 Å². The fraction of sp³-hybridized carbons (Fsp3) is 0.500. The van der Waals surface area contributed by atoms with Crippen molar-refractivity contribution < 1.29 is 0 Å². The van der Waals surface area contributed by atoms with E-state index in [1.165, 1.54) is 34.1 Å². The van der Waals surface area contributed by atoms with Crippen LogP contribution < -0.4 is 5.73 Å². The molecule has 2 aromatic rings. The van der Waals surface area contributed by atoms with Gasteiger partial charge < -0.3 is 10.3 Å². The highest BCUT2D eigenvalue weighted by atomic mass is 127. The zero-order valence-corrected chi connectivity index (χ0v) is 13.9. The molecule has 0 bridgehead atoms. The summed E-state index contributed by atoms with van der Waals surface area (Å²) in [5.74, 6) is 1.87. The van der Waals surface area contributed by atoms with Crippen molar-refractivity contribution in [2.45, 2.75) is 37.5 Å². The second-order valence-corrected chi connectivity index (χ2v) is 7.84. The van der Waals surface area contributed by atoms with Crippen molar-refractivity contribution in [1.82, 2.24) is 9.55 Å². The number of aromatic nitrogens is 2. The van der Waals surface area contributed by atoms with Crippen molar-refractivity contribution in [3.8, 4) is 0 Å². The maximum absolute atomic E-state index is 6.15. The van der Waals surface area contributed by atoms with Crippen LogP contribution in [0.3, 0.4) is 0 Å². The molecule has 1 fully saturated rings. The van der Waals surface area contributed by atoms with Crippen molar-refractivity contribution in [1.29, 1.82) is 0 Å². The zero-order valence-electron chi connectivity index (χ0n) is 11.0. The molecular weight excluding hydrogens is 369 g/mol. The summed E-state index contributed by atoms with van der Waals surface area (Å²) in [7, 11) is 0. The van der Waals surface area contributed by atoms with E-state index in [0.717, 1.165) is 10.8 Å². The lowest BCUT2D eigenvalue weighted by Gasteiger charge is -2.15. The Morgan fingerprint density at radius 3 is 3.11 bits per heavy atom. The van der Waals surface area contributed by atoms with Crippen molar-refractivity contribution in [2.75, 3.05) is 11.5 Å². The minimum Gasteiger partial charge on any atom is -0.369 e. The van der Waals surface area contributed by atoms with E-state index >= 15 is 0 Å². The molecule has 19 heavy (non-hydrogen) atoms. The highest BCUT2D eigenvalue weighted by molar-refractivity contribution is 14.1. The van der Waals surface area contributed by atoms with E-state index in [4.69, 9.17) is 5.73 Å². The standard InChI is InChI=1S/C14H18IN3S/c1-2-19-11-5-4-10(8-11)18-13-6-3-9(15)7-12(13)17-14(18)16/h3,6-7,10-11H,2,4-5,8H2,1H3,(H2,16,17). The summed E-state index contributed by atoms with van der Waals surface area (Å²) >= 11 is 4.40. The van der Waals surface area contributed by atoms with Crippen LogP contribution in [0.2, 0.25) is 0 Å². The molecule has 0 aliphatic heterocycles. The van der Waals surface area contributed by atoms with E-state index in [2.05, 4.69) is 69.0 Å². The monoisotopic (exact) mass is 387 g/mol. The Balaban J connectivity index is 1.95. The predicted octanol–water partition coefficient (Wildman–Crippen LogP) is 4.07. The Labute approximate surface area is 131 Å². The Morgan fingerprint density at radius 2 is 2.32 bits per heavy atom. The molecule has 1 aromatic heterocycles. The van der Waals surface area contributed by atoms with Gasteiger partial charge in [-0.15, -0.1) is 0 Å². The van der Waals surface area contributed by atoms with Gasteiger partial charge in [-0.05, 0) is 65.8 Å². The smallest absolute Gasteiger partial charge is 0.201 e. The number of nitrogens with zero attached hydrogens (tertiary/aromatic N) is 2. The highest BCUT2D eigenvalue weighted by Gasteiger charge is 2.28. The summed E-state index contributed by atoms with van der Waals surface area (Å²) in [6.07, 6.45) is 3.74. The lowest BCUT2D eigenvalue weighted by Crippen LogP contribution is -2.09. The van der Waals surface area contributed by atoms with Gasteiger partial charge in [0.15, 0.2) is 0 Å². The number of rotatable bonds is 3.